The summed E-state index contributed by atoms with van der Waals surface area (Å²) >= 11 is 1.49. The lowest BCUT2D eigenvalue weighted by atomic mass is 10.3. The van der Waals surface area contributed by atoms with Gasteiger partial charge in [0.15, 0.2) is 0 Å². The van der Waals surface area contributed by atoms with Gasteiger partial charge in [-0.2, -0.15) is 0 Å². The van der Waals surface area contributed by atoms with Crippen LogP contribution < -0.4 is 5.32 Å². The van der Waals surface area contributed by atoms with E-state index in [1.54, 1.807) is 6.20 Å². The lowest BCUT2D eigenvalue weighted by Crippen LogP contribution is -2.03. The van der Waals surface area contributed by atoms with Crippen molar-refractivity contribution in [2.45, 2.75) is 5.75 Å². The van der Waals surface area contributed by atoms with Gasteiger partial charge in [0.1, 0.15) is 0 Å². The molecule has 0 aliphatic rings. The highest BCUT2D eigenvalue weighted by Crippen LogP contribution is 2.13. The van der Waals surface area contributed by atoms with E-state index in [1.807, 2.05) is 19.2 Å². The molecule has 0 saturated carbocycles. The average molecular weight is 226 g/mol. The predicted molar refractivity (Wildman–Crippen MR) is 62.0 cm³/mol. The van der Waals surface area contributed by atoms with Crippen LogP contribution in [0.3, 0.4) is 0 Å². The van der Waals surface area contributed by atoms with Gasteiger partial charge in [0, 0.05) is 24.7 Å². The van der Waals surface area contributed by atoms with Crippen molar-refractivity contribution in [1.82, 2.24) is 4.98 Å². The van der Waals surface area contributed by atoms with Crippen molar-refractivity contribution < 1.29 is 9.53 Å². The Hall–Kier alpha value is -1.23. The Bertz CT molecular complexity index is 331. The fourth-order valence-corrected chi connectivity index (χ4v) is 1.76. The molecular formula is C10H14N2O2S. The van der Waals surface area contributed by atoms with Crippen LogP contribution in [0.15, 0.2) is 18.3 Å². The summed E-state index contributed by atoms with van der Waals surface area (Å²) in [5.41, 5.74) is 1.98. The Labute approximate surface area is 93.4 Å². The van der Waals surface area contributed by atoms with Gasteiger partial charge in [-0.15, -0.1) is 11.8 Å². The van der Waals surface area contributed by atoms with Gasteiger partial charge in [0.2, 0.25) is 0 Å². The van der Waals surface area contributed by atoms with Crippen molar-refractivity contribution in [1.29, 1.82) is 0 Å². The minimum Gasteiger partial charge on any atom is -0.468 e. The van der Waals surface area contributed by atoms with Crippen LogP contribution in [0.25, 0.3) is 0 Å². The zero-order chi connectivity index (χ0) is 11.1. The summed E-state index contributed by atoms with van der Waals surface area (Å²) in [5.74, 6) is 0.872. The SMILES string of the molecule is CNc1ccnc(CSCC(=O)OC)c1. The van der Waals surface area contributed by atoms with Crippen LogP contribution in [-0.4, -0.2) is 30.9 Å². The Kier molecular flexibility index (Phi) is 4.97. The summed E-state index contributed by atoms with van der Waals surface area (Å²) in [5, 5.41) is 3.04. The number of esters is 1. The third-order valence-electron chi connectivity index (χ3n) is 1.80. The van der Waals surface area contributed by atoms with Gasteiger partial charge in [-0.1, -0.05) is 0 Å². The second-order valence-electron chi connectivity index (χ2n) is 2.85. The number of rotatable bonds is 5. The Morgan fingerprint density at radius 3 is 3.13 bits per heavy atom. The van der Waals surface area contributed by atoms with Crippen LogP contribution in [0.5, 0.6) is 0 Å². The zero-order valence-electron chi connectivity index (χ0n) is 8.82. The van der Waals surface area contributed by atoms with Gasteiger partial charge in [0.05, 0.1) is 18.6 Å². The maximum absolute atomic E-state index is 10.8. The van der Waals surface area contributed by atoms with E-state index in [-0.39, 0.29) is 5.97 Å². The lowest BCUT2D eigenvalue weighted by Gasteiger charge is -2.03. The van der Waals surface area contributed by atoms with Crippen molar-refractivity contribution >= 4 is 23.4 Å². The minimum absolute atomic E-state index is 0.204. The third kappa shape index (κ3) is 4.20. The number of carbonyl (C=O) groups is 1. The second kappa shape index (κ2) is 6.29. The first-order valence-electron chi connectivity index (χ1n) is 4.53. The molecule has 82 valence electrons. The molecule has 0 bridgehead atoms. The van der Waals surface area contributed by atoms with Gasteiger partial charge in [-0.25, -0.2) is 0 Å². The predicted octanol–water partition coefficient (Wildman–Crippen LogP) is 1.53. The molecule has 1 aromatic heterocycles. The van der Waals surface area contributed by atoms with Gasteiger partial charge in [-0.05, 0) is 12.1 Å². The second-order valence-corrected chi connectivity index (χ2v) is 3.84. The number of carbonyl (C=O) groups excluding carboxylic acids is 1. The number of methoxy groups -OCH3 is 1. The normalized spacial score (nSPS) is 9.73. The smallest absolute Gasteiger partial charge is 0.315 e. The zero-order valence-corrected chi connectivity index (χ0v) is 9.63. The molecule has 5 heteroatoms. The van der Waals surface area contributed by atoms with E-state index in [0.717, 1.165) is 11.4 Å². The molecule has 0 saturated heterocycles. The molecule has 0 aromatic carbocycles. The minimum atomic E-state index is -0.204. The highest BCUT2D eigenvalue weighted by Gasteiger charge is 2.01. The van der Waals surface area contributed by atoms with Gasteiger partial charge in [0.25, 0.3) is 0 Å². The molecule has 1 heterocycles. The summed E-state index contributed by atoms with van der Waals surface area (Å²) in [7, 11) is 3.25. The van der Waals surface area contributed by atoms with Crippen LogP contribution in [-0.2, 0) is 15.3 Å². The molecule has 0 fully saturated rings. The third-order valence-corrected chi connectivity index (χ3v) is 2.74. The van der Waals surface area contributed by atoms with Crippen LogP contribution in [0, 0.1) is 0 Å². The fraction of sp³-hybridized carbons (Fsp3) is 0.400. The number of nitrogens with zero attached hydrogens (tertiary/aromatic N) is 1. The van der Waals surface area contributed by atoms with Gasteiger partial charge in [-0.3, -0.25) is 9.78 Å². The highest BCUT2D eigenvalue weighted by atomic mass is 32.2. The van der Waals surface area contributed by atoms with Crippen LogP contribution in [0.2, 0.25) is 0 Å². The summed E-state index contributed by atoms with van der Waals surface area (Å²) < 4.78 is 4.54. The van der Waals surface area contributed by atoms with E-state index in [4.69, 9.17) is 0 Å². The quantitative estimate of drug-likeness (QED) is 0.772. The molecule has 1 aromatic rings. The molecule has 1 rings (SSSR count). The van der Waals surface area contributed by atoms with Crippen molar-refractivity contribution in [3.8, 4) is 0 Å². The van der Waals surface area contributed by atoms with Crippen molar-refractivity contribution in [2.24, 2.45) is 0 Å². The topological polar surface area (TPSA) is 51.2 Å². The standard InChI is InChI=1S/C10H14N2O2S/c1-11-8-3-4-12-9(5-8)6-15-7-10(13)14-2/h3-5H,6-7H2,1-2H3,(H,11,12). The number of thioether (sulfide) groups is 1. The molecule has 0 atom stereocenters. The van der Waals surface area contributed by atoms with Crippen molar-refractivity contribution in [3.63, 3.8) is 0 Å². The summed E-state index contributed by atoms with van der Waals surface area (Å²) in [6, 6.07) is 3.86. The first-order chi connectivity index (χ1) is 7.26. The number of anilines is 1. The van der Waals surface area contributed by atoms with E-state index >= 15 is 0 Å². The Morgan fingerprint density at radius 2 is 2.47 bits per heavy atom. The Morgan fingerprint density at radius 1 is 1.67 bits per heavy atom. The molecule has 0 amide bonds. The van der Waals surface area contributed by atoms with Gasteiger partial charge < -0.3 is 10.1 Å². The first kappa shape index (κ1) is 11.8. The number of pyridine rings is 1. The van der Waals surface area contributed by atoms with Crippen LogP contribution in [0.4, 0.5) is 5.69 Å². The number of aromatic nitrogens is 1. The van der Waals surface area contributed by atoms with Crippen LogP contribution >= 0.6 is 11.8 Å². The molecule has 0 spiro atoms. The Balaban J connectivity index is 2.40. The van der Waals surface area contributed by atoms with Crippen molar-refractivity contribution in [2.75, 3.05) is 25.2 Å². The summed E-state index contributed by atoms with van der Waals surface area (Å²) in [6.45, 7) is 0. The average Bonchev–Trinajstić information content (AvgIpc) is 2.29. The summed E-state index contributed by atoms with van der Waals surface area (Å²) in [6.07, 6.45) is 1.75. The molecule has 0 unspecified atom stereocenters. The van der Waals surface area contributed by atoms with E-state index in [1.165, 1.54) is 18.9 Å². The number of ether oxygens (including phenoxy) is 1. The first-order valence-corrected chi connectivity index (χ1v) is 5.69. The maximum Gasteiger partial charge on any atom is 0.315 e. The molecule has 15 heavy (non-hydrogen) atoms. The lowest BCUT2D eigenvalue weighted by molar-refractivity contribution is -0.137. The monoisotopic (exact) mass is 226 g/mol. The molecule has 0 aliphatic heterocycles. The molecule has 1 N–H and O–H groups in total. The molecule has 0 aliphatic carbocycles. The van der Waals surface area contributed by atoms with Crippen LogP contribution in [0.1, 0.15) is 5.69 Å². The van der Waals surface area contributed by atoms with Crippen molar-refractivity contribution in [3.05, 3.63) is 24.0 Å². The van der Waals surface area contributed by atoms with E-state index in [9.17, 15) is 4.79 Å². The van der Waals surface area contributed by atoms with E-state index in [2.05, 4.69) is 15.0 Å². The molecular weight excluding hydrogens is 212 g/mol. The number of hydrogen-bond acceptors (Lipinski definition) is 5. The number of hydrogen-bond donors (Lipinski definition) is 1. The molecule has 0 radical (unpaired) electrons. The summed E-state index contributed by atoms with van der Waals surface area (Å²) in [4.78, 5) is 15.0. The molecule has 4 nitrogen and oxygen atoms in total. The fourth-order valence-electron chi connectivity index (χ4n) is 1.01. The highest BCUT2D eigenvalue weighted by molar-refractivity contribution is 7.99. The van der Waals surface area contributed by atoms with Gasteiger partial charge >= 0.3 is 5.97 Å². The van der Waals surface area contributed by atoms with E-state index in [0.29, 0.717) is 11.5 Å². The largest absolute Gasteiger partial charge is 0.468 e. The van der Waals surface area contributed by atoms with E-state index < -0.39 is 0 Å². The maximum atomic E-state index is 10.8. The number of nitrogens with one attached hydrogen (secondary N) is 1.